The summed E-state index contributed by atoms with van der Waals surface area (Å²) in [6.45, 7) is 1.97. The molecule has 0 radical (unpaired) electrons. The zero-order chi connectivity index (χ0) is 17.9. The van der Waals surface area contributed by atoms with E-state index in [0.717, 1.165) is 29.2 Å². The lowest BCUT2D eigenvalue weighted by atomic mass is 10.2. The molecule has 26 heavy (non-hydrogen) atoms. The van der Waals surface area contributed by atoms with Crippen molar-refractivity contribution in [2.75, 3.05) is 13.2 Å². The maximum Gasteiger partial charge on any atom is 0.271 e. The van der Waals surface area contributed by atoms with Crippen LogP contribution in [0.3, 0.4) is 0 Å². The second-order valence-corrected chi connectivity index (χ2v) is 7.31. The normalized spacial score (nSPS) is 13.1. The number of hydrogen-bond acceptors (Lipinski definition) is 5. The number of aryl methyl sites for hydroxylation is 1. The van der Waals surface area contributed by atoms with Crippen LogP contribution in [0.2, 0.25) is 5.02 Å². The van der Waals surface area contributed by atoms with E-state index in [1.165, 1.54) is 0 Å². The fraction of sp³-hybridized carbons (Fsp3) is 0.278. The van der Waals surface area contributed by atoms with Gasteiger partial charge in [-0.15, -0.1) is 11.3 Å². The van der Waals surface area contributed by atoms with Gasteiger partial charge in [-0.25, -0.2) is 9.67 Å². The van der Waals surface area contributed by atoms with E-state index in [0.29, 0.717) is 36.2 Å². The van der Waals surface area contributed by atoms with Crippen molar-refractivity contribution in [3.8, 4) is 17.1 Å². The molecule has 0 aliphatic carbocycles. The van der Waals surface area contributed by atoms with Crippen LogP contribution in [0.4, 0.5) is 0 Å². The first-order chi connectivity index (χ1) is 12.7. The molecule has 3 aromatic rings. The maximum atomic E-state index is 12.2. The summed E-state index contributed by atoms with van der Waals surface area (Å²) in [5.41, 5.74) is 2.35. The molecule has 0 saturated carbocycles. The van der Waals surface area contributed by atoms with Gasteiger partial charge in [0.1, 0.15) is 0 Å². The first kappa shape index (κ1) is 17.1. The summed E-state index contributed by atoms with van der Waals surface area (Å²) in [4.78, 5) is 16.9. The van der Waals surface area contributed by atoms with E-state index in [4.69, 9.17) is 16.3 Å². The number of aromatic nitrogens is 3. The van der Waals surface area contributed by atoms with Gasteiger partial charge in [0.15, 0.2) is 5.69 Å². The number of rotatable bonds is 5. The number of thiazole rings is 1. The Morgan fingerprint density at radius 2 is 2.19 bits per heavy atom. The van der Waals surface area contributed by atoms with Gasteiger partial charge in [-0.2, -0.15) is 5.10 Å². The molecule has 1 aliphatic rings. The molecule has 0 bridgehead atoms. The SMILES string of the molecule is O=C(NCCc1nc(-c2ccc(Cl)cc2)cs1)c1cc2n(n1)CCCO2. The number of halogens is 1. The summed E-state index contributed by atoms with van der Waals surface area (Å²) in [6, 6.07) is 9.29. The van der Waals surface area contributed by atoms with E-state index in [1.807, 2.05) is 29.6 Å². The average molecular weight is 389 g/mol. The predicted octanol–water partition coefficient (Wildman–Crippen LogP) is 3.42. The van der Waals surface area contributed by atoms with E-state index >= 15 is 0 Å². The highest BCUT2D eigenvalue weighted by Gasteiger charge is 2.17. The van der Waals surface area contributed by atoms with Crippen molar-refractivity contribution < 1.29 is 9.53 Å². The molecule has 3 heterocycles. The second-order valence-electron chi connectivity index (χ2n) is 5.93. The molecule has 8 heteroatoms. The zero-order valence-electron chi connectivity index (χ0n) is 13.9. The van der Waals surface area contributed by atoms with Gasteiger partial charge >= 0.3 is 0 Å². The molecule has 4 rings (SSSR count). The lowest BCUT2D eigenvalue weighted by molar-refractivity contribution is 0.0948. The Labute approximate surface area is 159 Å². The zero-order valence-corrected chi connectivity index (χ0v) is 15.5. The largest absolute Gasteiger partial charge is 0.478 e. The minimum atomic E-state index is -0.190. The van der Waals surface area contributed by atoms with Crippen LogP contribution in [0.25, 0.3) is 11.3 Å². The number of nitrogens with zero attached hydrogens (tertiary/aromatic N) is 3. The van der Waals surface area contributed by atoms with Crippen molar-refractivity contribution in [3.63, 3.8) is 0 Å². The van der Waals surface area contributed by atoms with E-state index in [2.05, 4.69) is 15.4 Å². The summed E-state index contributed by atoms with van der Waals surface area (Å²) in [5, 5.41) is 10.9. The monoisotopic (exact) mass is 388 g/mol. The number of ether oxygens (including phenoxy) is 1. The predicted molar refractivity (Wildman–Crippen MR) is 101 cm³/mol. The summed E-state index contributed by atoms with van der Waals surface area (Å²) >= 11 is 7.50. The Balaban J connectivity index is 1.32. The average Bonchev–Trinajstić information content (AvgIpc) is 3.29. The van der Waals surface area contributed by atoms with Crippen LogP contribution < -0.4 is 10.1 Å². The van der Waals surface area contributed by atoms with Crippen molar-refractivity contribution in [3.05, 3.63) is 51.4 Å². The van der Waals surface area contributed by atoms with Crippen LogP contribution in [0.15, 0.2) is 35.7 Å². The molecule has 1 aliphatic heterocycles. The van der Waals surface area contributed by atoms with Crippen molar-refractivity contribution in [2.24, 2.45) is 0 Å². The third-order valence-electron chi connectivity index (χ3n) is 4.06. The molecule has 0 saturated heterocycles. The summed E-state index contributed by atoms with van der Waals surface area (Å²) in [7, 11) is 0. The molecule has 1 aromatic carbocycles. The maximum absolute atomic E-state index is 12.2. The number of carbonyl (C=O) groups is 1. The number of benzene rings is 1. The third kappa shape index (κ3) is 3.73. The Bertz CT molecular complexity index is 896. The van der Waals surface area contributed by atoms with Crippen LogP contribution in [0.1, 0.15) is 21.9 Å². The summed E-state index contributed by atoms with van der Waals surface area (Å²) in [6.07, 6.45) is 1.59. The fourth-order valence-electron chi connectivity index (χ4n) is 2.73. The van der Waals surface area contributed by atoms with Crippen LogP contribution in [-0.4, -0.2) is 33.8 Å². The van der Waals surface area contributed by atoms with Crippen molar-refractivity contribution in [1.82, 2.24) is 20.1 Å². The fourth-order valence-corrected chi connectivity index (χ4v) is 3.66. The van der Waals surface area contributed by atoms with E-state index in [-0.39, 0.29) is 5.91 Å². The number of carbonyl (C=O) groups excluding carboxylic acids is 1. The van der Waals surface area contributed by atoms with Gasteiger partial charge in [-0.05, 0) is 12.1 Å². The Hall–Kier alpha value is -2.38. The molecule has 6 nitrogen and oxygen atoms in total. The molecule has 2 aromatic heterocycles. The molecule has 134 valence electrons. The van der Waals surface area contributed by atoms with E-state index in [9.17, 15) is 4.79 Å². The molecule has 0 spiro atoms. The lowest BCUT2D eigenvalue weighted by Crippen LogP contribution is -2.26. The van der Waals surface area contributed by atoms with Crippen LogP contribution in [0.5, 0.6) is 5.88 Å². The number of fused-ring (bicyclic) bond motifs is 1. The lowest BCUT2D eigenvalue weighted by Gasteiger charge is -2.13. The van der Waals surface area contributed by atoms with Crippen molar-refractivity contribution in [1.29, 1.82) is 0 Å². The quantitative estimate of drug-likeness (QED) is 0.727. The van der Waals surface area contributed by atoms with Gasteiger partial charge in [-0.1, -0.05) is 23.7 Å². The molecule has 1 N–H and O–H groups in total. The first-order valence-electron chi connectivity index (χ1n) is 8.38. The Morgan fingerprint density at radius 1 is 1.35 bits per heavy atom. The topological polar surface area (TPSA) is 69.0 Å². The minimum Gasteiger partial charge on any atom is -0.478 e. The molecule has 0 atom stereocenters. The number of nitrogens with one attached hydrogen (secondary N) is 1. The minimum absolute atomic E-state index is 0.190. The third-order valence-corrected chi connectivity index (χ3v) is 5.22. The van der Waals surface area contributed by atoms with E-state index < -0.39 is 0 Å². The Morgan fingerprint density at radius 3 is 3.00 bits per heavy atom. The van der Waals surface area contributed by atoms with Crippen LogP contribution >= 0.6 is 22.9 Å². The van der Waals surface area contributed by atoms with Gasteiger partial charge in [-0.3, -0.25) is 4.79 Å². The molecule has 0 unspecified atom stereocenters. The Kier molecular flexibility index (Phi) is 4.90. The van der Waals surface area contributed by atoms with Gasteiger partial charge in [0, 0.05) is 48.0 Å². The van der Waals surface area contributed by atoms with Gasteiger partial charge in [0.05, 0.1) is 17.3 Å². The highest BCUT2D eigenvalue weighted by Crippen LogP contribution is 2.23. The van der Waals surface area contributed by atoms with Crippen LogP contribution in [0, 0.1) is 0 Å². The second kappa shape index (κ2) is 7.47. The molecule has 0 fully saturated rings. The van der Waals surface area contributed by atoms with E-state index in [1.54, 1.807) is 22.1 Å². The summed E-state index contributed by atoms with van der Waals surface area (Å²) < 4.78 is 7.22. The molecular formula is C18H17ClN4O2S. The highest BCUT2D eigenvalue weighted by atomic mass is 35.5. The van der Waals surface area contributed by atoms with Gasteiger partial charge < -0.3 is 10.1 Å². The highest BCUT2D eigenvalue weighted by molar-refractivity contribution is 7.09. The van der Waals surface area contributed by atoms with Crippen molar-refractivity contribution in [2.45, 2.75) is 19.4 Å². The standard InChI is InChI=1S/C18H17ClN4O2S/c19-13-4-2-12(3-5-13)15-11-26-16(21-15)6-7-20-18(24)14-10-17-23(22-14)8-1-9-25-17/h2-5,10-11H,1,6-9H2,(H,20,24). The van der Waals surface area contributed by atoms with Gasteiger partial charge in [0.2, 0.25) is 5.88 Å². The first-order valence-corrected chi connectivity index (χ1v) is 9.64. The smallest absolute Gasteiger partial charge is 0.271 e. The van der Waals surface area contributed by atoms with Gasteiger partial charge in [0.25, 0.3) is 5.91 Å². The molecule has 1 amide bonds. The number of hydrogen-bond donors (Lipinski definition) is 1. The van der Waals surface area contributed by atoms with Crippen molar-refractivity contribution >= 4 is 28.8 Å². The van der Waals surface area contributed by atoms with Crippen LogP contribution in [-0.2, 0) is 13.0 Å². The summed E-state index contributed by atoms with van der Waals surface area (Å²) in [5.74, 6) is 0.471. The molecular weight excluding hydrogens is 372 g/mol. The number of amides is 1.